The second-order valence-electron chi connectivity index (χ2n) is 4.64. The Morgan fingerprint density at radius 2 is 1.89 bits per heavy atom. The van der Waals surface area contributed by atoms with Gasteiger partial charge in [-0.3, -0.25) is 4.79 Å². The largest absolute Gasteiger partial charge is 0.383 e. The van der Waals surface area contributed by atoms with Gasteiger partial charge in [0.25, 0.3) is 0 Å². The number of hydrogen-bond donors (Lipinski definition) is 2. The average Bonchev–Trinajstić information content (AvgIpc) is 2.38. The molecule has 0 aliphatic heterocycles. The van der Waals surface area contributed by atoms with E-state index < -0.39 is 0 Å². The maximum atomic E-state index is 11.6. The van der Waals surface area contributed by atoms with Crippen LogP contribution in [-0.2, 0) is 16.0 Å². The molecule has 0 radical (unpaired) electrons. The van der Waals surface area contributed by atoms with Crippen molar-refractivity contribution < 1.29 is 9.53 Å². The average molecular weight is 264 g/mol. The zero-order chi connectivity index (χ0) is 14.1. The van der Waals surface area contributed by atoms with Crippen molar-refractivity contribution in [3.63, 3.8) is 0 Å². The predicted octanol–water partition coefficient (Wildman–Crippen LogP) is 1.20. The Balaban J connectivity index is 2.24. The number of aryl methyl sites for hydroxylation is 2. The van der Waals surface area contributed by atoms with Gasteiger partial charge in [-0.1, -0.05) is 18.2 Å². The molecule has 1 aromatic carbocycles. The van der Waals surface area contributed by atoms with Crippen LogP contribution in [0.2, 0.25) is 0 Å². The van der Waals surface area contributed by atoms with E-state index in [0.717, 1.165) is 6.42 Å². The zero-order valence-corrected chi connectivity index (χ0v) is 12.1. The first-order valence-electron chi connectivity index (χ1n) is 6.66. The second kappa shape index (κ2) is 8.67. The highest BCUT2D eigenvalue weighted by Crippen LogP contribution is 2.13. The first-order valence-corrected chi connectivity index (χ1v) is 6.66. The molecule has 0 saturated carbocycles. The lowest BCUT2D eigenvalue weighted by molar-refractivity contribution is -0.120. The summed E-state index contributed by atoms with van der Waals surface area (Å²) in [5.41, 5.74) is 3.90. The SMILES string of the molecule is COCCNCC(=O)NCCc1c(C)cccc1C. The molecule has 1 amide bonds. The van der Waals surface area contributed by atoms with Crippen molar-refractivity contribution >= 4 is 5.91 Å². The van der Waals surface area contributed by atoms with Gasteiger partial charge in [0.1, 0.15) is 0 Å². The molecule has 0 aromatic heterocycles. The molecule has 19 heavy (non-hydrogen) atoms. The van der Waals surface area contributed by atoms with Crippen LogP contribution in [0.3, 0.4) is 0 Å². The van der Waals surface area contributed by atoms with Crippen LogP contribution in [0.5, 0.6) is 0 Å². The minimum absolute atomic E-state index is 0.0299. The Morgan fingerprint density at radius 1 is 1.21 bits per heavy atom. The van der Waals surface area contributed by atoms with Crippen molar-refractivity contribution in [3.05, 3.63) is 34.9 Å². The molecular formula is C15H24N2O2. The summed E-state index contributed by atoms with van der Waals surface area (Å²) in [7, 11) is 1.65. The van der Waals surface area contributed by atoms with Crippen LogP contribution in [0.1, 0.15) is 16.7 Å². The second-order valence-corrected chi connectivity index (χ2v) is 4.64. The standard InChI is InChI=1S/C15H24N2O2/c1-12-5-4-6-13(2)14(12)7-8-17-15(18)11-16-9-10-19-3/h4-6,16H,7-11H2,1-3H3,(H,17,18). The van der Waals surface area contributed by atoms with Gasteiger partial charge in [0.2, 0.25) is 5.91 Å². The Labute approximate surface area is 115 Å². The number of hydrogen-bond acceptors (Lipinski definition) is 3. The highest BCUT2D eigenvalue weighted by atomic mass is 16.5. The van der Waals surface area contributed by atoms with Gasteiger partial charge in [-0.15, -0.1) is 0 Å². The highest BCUT2D eigenvalue weighted by molar-refractivity contribution is 5.77. The summed E-state index contributed by atoms with van der Waals surface area (Å²) in [4.78, 5) is 11.6. The summed E-state index contributed by atoms with van der Waals surface area (Å²) in [5.74, 6) is 0.0299. The first-order chi connectivity index (χ1) is 9.15. The van der Waals surface area contributed by atoms with Gasteiger partial charge in [0, 0.05) is 20.2 Å². The third kappa shape index (κ3) is 5.85. The van der Waals surface area contributed by atoms with Crippen LogP contribution in [0, 0.1) is 13.8 Å². The summed E-state index contributed by atoms with van der Waals surface area (Å²) in [6.07, 6.45) is 0.877. The number of ether oxygens (including phenoxy) is 1. The molecule has 0 bridgehead atoms. The molecule has 2 N–H and O–H groups in total. The molecule has 1 aromatic rings. The van der Waals surface area contributed by atoms with Crippen molar-refractivity contribution in [2.24, 2.45) is 0 Å². The van der Waals surface area contributed by atoms with E-state index in [4.69, 9.17) is 4.74 Å². The van der Waals surface area contributed by atoms with Crippen LogP contribution in [-0.4, -0.2) is 39.3 Å². The maximum Gasteiger partial charge on any atom is 0.233 e. The van der Waals surface area contributed by atoms with Gasteiger partial charge in [-0.2, -0.15) is 0 Å². The van der Waals surface area contributed by atoms with Gasteiger partial charge in [-0.05, 0) is 37.0 Å². The van der Waals surface area contributed by atoms with Crippen LogP contribution in [0.15, 0.2) is 18.2 Å². The molecule has 1 rings (SSSR count). The van der Waals surface area contributed by atoms with Gasteiger partial charge >= 0.3 is 0 Å². The third-order valence-corrected chi connectivity index (χ3v) is 3.11. The number of benzene rings is 1. The van der Waals surface area contributed by atoms with Gasteiger partial charge < -0.3 is 15.4 Å². The first kappa shape index (κ1) is 15.7. The van der Waals surface area contributed by atoms with Crippen molar-refractivity contribution in [3.8, 4) is 0 Å². The summed E-state index contributed by atoms with van der Waals surface area (Å²) in [6.45, 7) is 6.55. The van der Waals surface area contributed by atoms with Crippen molar-refractivity contribution in [1.82, 2.24) is 10.6 Å². The minimum atomic E-state index is 0.0299. The van der Waals surface area contributed by atoms with E-state index in [1.165, 1.54) is 16.7 Å². The van der Waals surface area contributed by atoms with Crippen LogP contribution in [0.4, 0.5) is 0 Å². The smallest absolute Gasteiger partial charge is 0.233 e. The molecule has 0 aliphatic carbocycles. The fraction of sp³-hybridized carbons (Fsp3) is 0.533. The van der Waals surface area contributed by atoms with E-state index in [1.54, 1.807) is 7.11 Å². The number of amides is 1. The summed E-state index contributed by atoms with van der Waals surface area (Å²) < 4.78 is 4.89. The normalized spacial score (nSPS) is 10.5. The molecule has 0 unspecified atom stereocenters. The molecule has 4 heteroatoms. The highest BCUT2D eigenvalue weighted by Gasteiger charge is 2.03. The van der Waals surface area contributed by atoms with Crippen LogP contribution < -0.4 is 10.6 Å². The Hall–Kier alpha value is -1.39. The molecule has 4 nitrogen and oxygen atoms in total. The van der Waals surface area contributed by atoms with Crippen LogP contribution in [0.25, 0.3) is 0 Å². The van der Waals surface area contributed by atoms with E-state index in [9.17, 15) is 4.79 Å². The lowest BCUT2D eigenvalue weighted by Crippen LogP contribution is -2.36. The van der Waals surface area contributed by atoms with E-state index in [0.29, 0.717) is 26.2 Å². The Kier molecular flexibility index (Phi) is 7.15. The van der Waals surface area contributed by atoms with Crippen molar-refractivity contribution in [2.45, 2.75) is 20.3 Å². The monoisotopic (exact) mass is 264 g/mol. The molecule has 0 fully saturated rings. The van der Waals surface area contributed by atoms with Gasteiger partial charge in [0.05, 0.1) is 13.2 Å². The summed E-state index contributed by atoms with van der Waals surface area (Å²) in [6, 6.07) is 6.28. The van der Waals surface area contributed by atoms with E-state index in [2.05, 4.69) is 42.7 Å². The fourth-order valence-corrected chi connectivity index (χ4v) is 2.01. The van der Waals surface area contributed by atoms with Gasteiger partial charge in [0.15, 0.2) is 0 Å². The fourth-order valence-electron chi connectivity index (χ4n) is 2.01. The Bertz CT molecular complexity index is 385. The number of methoxy groups -OCH3 is 1. The molecular weight excluding hydrogens is 240 g/mol. The molecule has 0 heterocycles. The van der Waals surface area contributed by atoms with Crippen LogP contribution >= 0.6 is 0 Å². The molecule has 0 saturated heterocycles. The maximum absolute atomic E-state index is 11.6. The number of nitrogens with one attached hydrogen (secondary N) is 2. The van der Waals surface area contributed by atoms with E-state index in [-0.39, 0.29) is 5.91 Å². The topological polar surface area (TPSA) is 50.4 Å². The number of rotatable bonds is 8. The van der Waals surface area contributed by atoms with E-state index >= 15 is 0 Å². The minimum Gasteiger partial charge on any atom is -0.383 e. The molecule has 0 atom stereocenters. The predicted molar refractivity (Wildman–Crippen MR) is 77.4 cm³/mol. The molecule has 0 spiro atoms. The summed E-state index contributed by atoms with van der Waals surface area (Å²) in [5, 5.41) is 5.94. The summed E-state index contributed by atoms with van der Waals surface area (Å²) >= 11 is 0. The van der Waals surface area contributed by atoms with E-state index in [1.807, 2.05) is 0 Å². The molecule has 0 aliphatic rings. The van der Waals surface area contributed by atoms with Crippen molar-refractivity contribution in [1.29, 1.82) is 0 Å². The molecule has 106 valence electrons. The lowest BCUT2D eigenvalue weighted by Gasteiger charge is -2.10. The third-order valence-electron chi connectivity index (χ3n) is 3.11. The lowest BCUT2D eigenvalue weighted by atomic mass is 10.0. The Morgan fingerprint density at radius 3 is 2.53 bits per heavy atom. The van der Waals surface area contributed by atoms with Crippen molar-refractivity contribution in [2.75, 3.05) is 33.4 Å². The number of carbonyl (C=O) groups excluding carboxylic acids is 1. The zero-order valence-electron chi connectivity index (χ0n) is 12.1. The number of carbonyl (C=O) groups is 1. The van der Waals surface area contributed by atoms with Gasteiger partial charge in [-0.25, -0.2) is 0 Å². The quantitative estimate of drug-likeness (QED) is 0.694.